The molecule has 0 saturated heterocycles. The molecule has 0 heterocycles. The molecule has 1 aliphatic carbocycles. The molecule has 5 rings (SSSR count). The van der Waals surface area contributed by atoms with Gasteiger partial charge in [-0.1, -0.05) is 48.5 Å². The summed E-state index contributed by atoms with van der Waals surface area (Å²) in [6.45, 7) is 0. The predicted molar refractivity (Wildman–Crippen MR) is 159 cm³/mol. The molecule has 0 bridgehead atoms. The maximum atomic E-state index is 13.3. The van der Waals surface area contributed by atoms with Crippen molar-refractivity contribution >= 4 is 11.7 Å². The van der Waals surface area contributed by atoms with E-state index in [4.69, 9.17) is 18.9 Å². The SMILES string of the molecule is COc1cc2c(c(OC)c1OC)-c1ccc(OC)c(=O)cc1[C@@H](NC(=O)Nc1ccc(-c3ccccc3)cc1)CC2. The minimum atomic E-state index is -0.479. The number of amides is 2. The second-order valence-electron chi connectivity index (χ2n) is 9.59. The average Bonchev–Trinajstić information content (AvgIpc) is 3.25. The van der Waals surface area contributed by atoms with Gasteiger partial charge in [-0.3, -0.25) is 4.79 Å². The first-order valence-corrected chi connectivity index (χ1v) is 13.2. The molecule has 0 aromatic heterocycles. The number of rotatable bonds is 7. The van der Waals surface area contributed by atoms with Crippen LogP contribution in [-0.4, -0.2) is 34.5 Å². The zero-order valence-electron chi connectivity index (χ0n) is 23.4. The quantitative estimate of drug-likeness (QED) is 0.283. The fraction of sp³-hybridized carbons (Fsp3) is 0.212. The van der Waals surface area contributed by atoms with Crippen molar-refractivity contribution in [3.05, 3.63) is 100 Å². The molecule has 2 amide bonds. The molecule has 8 nitrogen and oxygen atoms in total. The number of ether oxygens (including phenoxy) is 4. The monoisotopic (exact) mass is 552 g/mol. The van der Waals surface area contributed by atoms with E-state index >= 15 is 0 Å². The van der Waals surface area contributed by atoms with Crippen LogP contribution >= 0.6 is 0 Å². The molecule has 0 spiro atoms. The van der Waals surface area contributed by atoms with Gasteiger partial charge in [0.25, 0.3) is 0 Å². The minimum absolute atomic E-state index is 0.195. The van der Waals surface area contributed by atoms with Crippen LogP contribution in [0, 0.1) is 0 Å². The molecule has 1 aliphatic rings. The van der Waals surface area contributed by atoms with Crippen LogP contribution in [0.1, 0.15) is 23.6 Å². The zero-order valence-corrected chi connectivity index (χ0v) is 23.4. The van der Waals surface area contributed by atoms with Gasteiger partial charge in [0.15, 0.2) is 17.2 Å². The maximum Gasteiger partial charge on any atom is 0.319 e. The highest BCUT2D eigenvalue weighted by molar-refractivity contribution is 5.90. The van der Waals surface area contributed by atoms with Crippen molar-refractivity contribution in [3.8, 4) is 45.3 Å². The Morgan fingerprint density at radius 2 is 1.44 bits per heavy atom. The van der Waals surface area contributed by atoms with Gasteiger partial charge in [0.2, 0.25) is 11.2 Å². The molecule has 0 fully saturated rings. The van der Waals surface area contributed by atoms with Crippen LogP contribution < -0.4 is 35.0 Å². The van der Waals surface area contributed by atoms with E-state index in [0.29, 0.717) is 41.3 Å². The average molecular weight is 553 g/mol. The normalized spacial score (nSPS) is 13.6. The lowest BCUT2D eigenvalue weighted by Crippen LogP contribution is -2.33. The number of fused-ring (bicyclic) bond motifs is 3. The number of aryl methyl sites for hydroxylation is 1. The minimum Gasteiger partial charge on any atom is -0.493 e. The molecule has 2 N–H and O–H groups in total. The molecule has 0 saturated carbocycles. The molecule has 210 valence electrons. The number of urea groups is 1. The van der Waals surface area contributed by atoms with Gasteiger partial charge in [-0.05, 0) is 71.0 Å². The maximum absolute atomic E-state index is 13.3. The molecule has 41 heavy (non-hydrogen) atoms. The Kier molecular flexibility index (Phi) is 8.10. The first-order chi connectivity index (χ1) is 20.0. The Morgan fingerprint density at radius 3 is 2.10 bits per heavy atom. The smallest absolute Gasteiger partial charge is 0.319 e. The van der Waals surface area contributed by atoms with Gasteiger partial charge >= 0.3 is 6.03 Å². The highest BCUT2D eigenvalue weighted by Gasteiger charge is 2.30. The fourth-order valence-electron chi connectivity index (χ4n) is 5.32. The lowest BCUT2D eigenvalue weighted by Gasteiger charge is -2.20. The molecule has 0 aliphatic heterocycles. The summed E-state index contributed by atoms with van der Waals surface area (Å²) >= 11 is 0. The topological polar surface area (TPSA) is 95.1 Å². The molecule has 1 atom stereocenters. The number of hydrogen-bond acceptors (Lipinski definition) is 6. The summed E-state index contributed by atoms with van der Waals surface area (Å²) in [5, 5.41) is 6.01. The number of carbonyl (C=O) groups excluding carboxylic acids is 1. The Labute approximate surface area is 238 Å². The van der Waals surface area contributed by atoms with Gasteiger partial charge in [0.05, 0.1) is 34.5 Å². The number of benzene rings is 3. The van der Waals surface area contributed by atoms with Crippen LogP contribution in [0.15, 0.2) is 83.7 Å². The Bertz CT molecular complexity index is 1620. The lowest BCUT2D eigenvalue weighted by molar-refractivity contribution is 0.248. The van der Waals surface area contributed by atoms with Crippen molar-refractivity contribution in [1.82, 2.24) is 5.32 Å². The van der Waals surface area contributed by atoms with Gasteiger partial charge in [-0.25, -0.2) is 4.79 Å². The molecule has 0 radical (unpaired) electrons. The standard InChI is InChI=1S/C33H32N2O6/c1-38-28-17-15-24-25(19-27(28)36)26(16-12-22-18-29(39-2)31(40-3)32(41-4)30(22)24)35-33(37)34-23-13-10-21(11-14-23)20-8-6-5-7-9-20/h5-11,13-15,17-19,26H,12,16H2,1-4H3,(H2,34,35,37)/t26-/m0/s1. The summed E-state index contributed by atoms with van der Waals surface area (Å²) in [7, 11) is 6.15. The summed E-state index contributed by atoms with van der Waals surface area (Å²) in [6, 6.07) is 23.7. The molecule has 4 aromatic carbocycles. The van der Waals surface area contributed by atoms with Crippen LogP contribution in [0.2, 0.25) is 0 Å². The first-order valence-electron chi connectivity index (χ1n) is 13.2. The molecular weight excluding hydrogens is 520 g/mol. The van der Waals surface area contributed by atoms with Crippen LogP contribution in [0.5, 0.6) is 23.0 Å². The van der Waals surface area contributed by atoms with Crippen molar-refractivity contribution in [2.75, 3.05) is 33.8 Å². The third-order valence-electron chi connectivity index (χ3n) is 7.28. The molecule has 8 heteroatoms. The number of hydrogen-bond donors (Lipinski definition) is 2. The largest absolute Gasteiger partial charge is 0.493 e. The predicted octanol–water partition coefficient (Wildman–Crippen LogP) is 6.22. The lowest BCUT2D eigenvalue weighted by atomic mass is 9.95. The van der Waals surface area contributed by atoms with E-state index < -0.39 is 6.04 Å². The Hall–Kier alpha value is -4.98. The van der Waals surface area contributed by atoms with Crippen molar-refractivity contribution in [1.29, 1.82) is 0 Å². The Morgan fingerprint density at radius 1 is 0.756 bits per heavy atom. The van der Waals surface area contributed by atoms with Crippen LogP contribution in [0.3, 0.4) is 0 Å². The molecule has 4 aromatic rings. The van der Waals surface area contributed by atoms with Gasteiger partial charge in [0, 0.05) is 11.3 Å². The van der Waals surface area contributed by atoms with E-state index in [1.165, 1.54) is 13.2 Å². The first kappa shape index (κ1) is 27.6. The number of methoxy groups -OCH3 is 4. The highest BCUT2D eigenvalue weighted by atomic mass is 16.5. The van der Waals surface area contributed by atoms with Gasteiger partial charge in [0.1, 0.15) is 0 Å². The summed E-state index contributed by atoms with van der Waals surface area (Å²) in [5.74, 6) is 1.67. The van der Waals surface area contributed by atoms with E-state index in [1.807, 2.05) is 66.7 Å². The van der Waals surface area contributed by atoms with Crippen molar-refractivity contribution in [2.45, 2.75) is 18.9 Å². The number of nitrogens with one attached hydrogen (secondary N) is 2. The van der Waals surface area contributed by atoms with E-state index in [2.05, 4.69) is 10.6 Å². The van der Waals surface area contributed by atoms with Crippen molar-refractivity contribution in [3.63, 3.8) is 0 Å². The van der Waals surface area contributed by atoms with Gasteiger partial charge in [-0.2, -0.15) is 0 Å². The van der Waals surface area contributed by atoms with Gasteiger partial charge < -0.3 is 29.6 Å². The fourth-order valence-corrected chi connectivity index (χ4v) is 5.32. The van der Waals surface area contributed by atoms with Crippen molar-refractivity contribution < 1.29 is 23.7 Å². The second kappa shape index (κ2) is 12.0. The number of carbonyl (C=O) groups is 1. The van der Waals surface area contributed by atoms with E-state index in [0.717, 1.165) is 27.8 Å². The highest BCUT2D eigenvalue weighted by Crippen LogP contribution is 2.50. The van der Waals surface area contributed by atoms with E-state index in [9.17, 15) is 9.59 Å². The van der Waals surface area contributed by atoms with Crippen LogP contribution in [0.25, 0.3) is 22.3 Å². The third-order valence-corrected chi connectivity index (χ3v) is 7.28. The van der Waals surface area contributed by atoms with Crippen LogP contribution in [-0.2, 0) is 6.42 Å². The van der Waals surface area contributed by atoms with Crippen molar-refractivity contribution in [2.24, 2.45) is 0 Å². The molecule has 0 unspecified atom stereocenters. The molecular formula is C33H32N2O6. The summed E-state index contributed by atoms with van der Waals surface area (Å²) in [4.78, 5) is 26.3. The Balaban J connectivity index is 1.51. The third kappa shape index (κ3) is 5.54. The second-order valence-corrected chi connectivity index (χ2v) is 9.59. The van der Waals surface area contributed by atoms with Crippen LogP contribution in [0.4, 0.5) is 10.5 Å². The summed E-state index contributed by atoms with van der Waals surface area (Å²) < 4.78 is 22.4. The van der Waals surface area contributed by atoms with E-state index in [-0.39, 0.29) is 17.2 Å². The number of anilines is 1. The summed E-state index contributed by atoms with van der Waals surface area (Å²) in [5.41, 5.74) is 5.61. The van der Waals surface area contributed by atoms with Gasteiger partial charge in [-0.15, -0.1) is 0 Å². The summed E-state index contributed by atoms with van der Waals surface area (Å²) in [6.07, 6.45) is 1.12. The van der Waals surface area contributed by atoms with E-state index in [1.54, 1.807) is 27.4 Å². The zero-order chi connectivity index (χ0) is 28.9.